The lowest BCUT2D eigenvalue weighted by atomic mass is 10.0. The maximum Gasteiger partial charge on any atom is 0.200 e. The Morgan fingerprint density at radius 1 is 0.385 bits per heavy atom. The van der Waals surface area contributed by atoms with Gasteiger partial charge in [-0.1, -0.05) is 11.8 Å². The Morgan fingerprint density at radius 2 is 0.615 bits per heavy atom. The van der Waals surface area contributed by atoms with Crippen LogP contribution in [0.3, 0.4) is 0 Å². The van der Waals surface area contributed by atoms with Crippen LogP contribution in [-0.2, 0) is 0 Å². The molecule has 0 aliphatic heterocycles. The summed E-state index contributed by atoms with van der Waals surface area (Å²) in [5, 5.41) is 0. The second kappa shape index (κ2) is 10.6. The van der Waals surface area contributed by atoms with Gasteiger partial charge in [-0.05, 0) is 48.5 Å². The highest BCUT2D eigenvalue weighted by atomic mass is 32.2. The van der Waals surface area contributed by atoms with Gasteiger partial charge in [0.25, 0.3) is 0 Å². The number of hydrogen-bond donors (Lipinski definition) is 0. The highest BCUT2D eigenvalue weighted by Gasteiger charge is 2.31. The molecule has 0 radical (unpaired) electrons. The van der Waals surface area contributed by atoms with Crippen LogP contribution in [0.25, 0.3) is 0 Å². The molecular weight excluding hydrogens is 566 g/mol. The molecule has 13 heteroatoms. The van der Waals surface area contributed by atoms with E-state index in [1.165, 1.54) is 24.3 Å². The summed E-state index contributed by atoms with van der Waals surface area (Å²) in [6.45, 7) is 0. The van der Waals surface area contributed by atoms with Gasteiger partial charge in [0.05, 0.1) is 0 Å². The number of hydrogen-bond acceptors (Lipinski definition) is 3. The SMILES string of the molecule is O=C(c1ccc(Sc2ccc(C(=O)c3c(F)c(F)c(F)c(F)c3F)cc2)cc1)c1c(F)c(F)c(F)c(F)c1F. The standard InChI is InChI=1S/C26H8F10O2S/c27-15-13(16(28)20(32)23(35)19(15)31)25(37)9-1-5-11(6-2-9)39-12-7-3-10(4-8-12)26(38)14-17(29)21(33)24(36)22(34)18(14)30/h1-8H. The summed E-state index contributed by atoms with van der Waals surface area (Å²) in [5.74, 6) is -26.0. The van der Waals surface area contributed by atoms with Gasteiger partial charge in [-0.15, -0.1) is 0 Å². The molecule has 0 saturated heterocycles. The van der Waals surface area contributed by atoms with E-state index in [-0.39, 0.29) is 0 Å². The fourth-order valence-corrected chi connectivity index (χ4v) is 4.20. The van der Waals surface area contributed by atoms with E-state index < -0.39 is 92.0 Å². The topological polar surface area (TPSA) is 34.1 Å². The quantitative estimate of drug-likeness (QED) is 0.103. The Labute approximate surface area is 215 Å². The summed E-state index contributed by atoms with van der Waals surface area (Å²) < 4.78 is 136. The Morgan fingerprint density at radius 3 is 0.872 bits per heavy atom. The van der Waals surface area contributed by atoms with Crippen LogP contribution >= 0.6 is 11.8 Å². The highest BCUT2D eigenvalue weighted by molar-refractivity contribution is 7.99. The van der Waals surface area contributed by atoms with E-state index in [9.17, 15) is 53.5 Å². The summed E-state index contributed by atoms with van der Waals surface area (Å²) in [6.07, 6.45) is 0. The zero-order chi connectivity index (χ0) is 28.8. The fraction of sp³-hybridized carbons (Fsp3) is 0. The van der Waals surface area contributed by atoms with Gasteiger partial charge in [-0.3, -0.25) is 9.59 Å². The summed E-state index contributed by atoms with van der Waals surface area (Å²) in [4.78, 5) is 25.6. The predicted molar refractivity (Wildman–Crippen MR) is 116 cm³/mol. The molecule has 0 amide bonds. The zero-order valence-corrected chi connectivity index (χ0v) is 19.4. The van der Waals surface area contributed by atoms with Gasteiger partial charge >= 0.3 is 0 Å². The molecule has 0 saturated carbocycles. The molecule has 0 unspecified atom stereocenters. The van der Waals surface area contributed by atoms with Gasteiger partial charge in [0.15, 0.2) is 58.1 Å². The molecule has 0 aliphatic carbocycles. The Balaban J connectivity index is 1.54. The molecule has 0 heterocycles. The van der Waals surface area contributed by atoms with E-state index >= 15 is 0 Å². The fourth-order valence-electron chi connectivity index (χ4n) is 3.38. The van der Waals surface area contributed by atoms with Crippen molar-refractivity contribution >= 4 is 23.3 Å². The molecule has 0 N–H and O–H groups in total. The van der Waals surface area contributed by atoms with Gasteiger partial charge in [0.1, 0.15) is 11.1 Å². The monoisotopic (exact) mass is 574 g/mol. The van der Waals surface area contributed by atoms with E-state index in [1.54, 1.807) is 0 Å². The van der Waals surface area contributed by atoms with E-state index in [4.69, 9.17) is 0 Å². The van der Waals surface area contributed by atoms with Crippen molar-refractivity contribution in [1.82, 2.24) is 0 Å². The molecule has 0 aromatic heterocycles. The van der Waals surface area contributed by atoms with Crippen LogP contribution in [0.2, 0.25) is 0 Å². The minimum Gasteiger partial charge on any atom is -0.288 e. The highest BCUT2D eigenvalue weighted by Crippen LogP contribution is 2.31. The number of benzene rings is 4. The van der Waals surface area contributed by atoms with Crippen molar-refractivity contribution in [3.8, 4) is 0 Å². The number of carbonyl (C=O) groups is 2. The number of ketones is 2. The van der Waals surface area contributed by atoms with Gasteiger partial charge in [0, 0.05) is 20.9 Å². The third-order valence-corrected chi connectivity index (χ3v) is 6.36. The van der Waals surface area contributed by atoms with Crippen molar-refractivity contribution in [3.63, 3.8) is 0 Å². The van der Waals surface area contributed by atoms with Gasteiger partial charge in [-0.2, -0.15) is 0 Å². The van der Waals surface area contributed by atoms with Gasteiger partial charge in [-0.25, -0.2) is 43.9 Å². The van der Waals surface area contributed by atoms with Gasteiger partial charge < -0.3 is 0 Å². The number of halogens is 10. The summed E-state index contributed by atoms with van der Waals surface area (Å²) in [5.41, 5.74) is -4.04. The first kappa shape index (κ1) is 27.9. The van der Waals surface area contributed by atoms with E-state index in [0.717, 1.165) is 36.0 Å². The molecular formula is C26H8F10O2S. The van der Waals surface area contributed by atoms with E-state index in [2.05, 4.69) is 0 Å². The molecule has 4 aromatic rings. The lowest BCUT2D eigenvalue weighted by molar-refractivity contribution is 0.101. The van der Waals surface area contributed by atoms with Crippen LogP contribution in [0.5, 0.6) is 0 Å². The molecule has 200 valence electrons. The molecule has 39 heavy (non-hydrogen) atoms. The van der Waals surface area contributed by atoms with Crippen molar-refractivity contribution in [3.05, 3.63) is 129 Å². The van der Waals surface area contributed by atoms with Crippen LogP contribution in [0.15, 0.2) is 58.3 Å². The molecule has 0 atom stereocenters. The van der Waals surface area contributed by atoms with Crippen molar-refractivity contribution < 1.29 is 53.5 Å². The number of rotatable bonds is 6. The van der Waals surface area contributed by atoms with Gasteiger partial charge in [0.2, 0.25) is 11.6 Å². The Kier molecular flexibility index (Phi) is 7.55. The lowest BCUT2D eigenvalue weighted by Crippen LogP contribution is -2.13. The minimum atomic E-state index is -2.41. The summed E-state index contributed by atoms with van der Waals surface area (Å²) in [6, 6.07) is 9.34. The molecule has 4 rings (SSSR count). The first-order valence-corrected chi connectivity index (χ1v) is 11.2. The molecule has 2 nitrogen and oxygen atoms in total. The predicted octanol–water partition coefficient (Wildman–Crippen LogP) is 7.69. The Hall–Kier alpha value is -4.13. The molecule has 0 spiro atoms. The second-order valence-corrected chi connectivity index (χ2v) is 8.85. The van der Waals surface area contributed by atoms with Crippen LogP contribution in [-0.4, -0.2) is 11.6 Å². The first-order valence-electron chi connectivity index (χ1n) is 10.3. The molecule has 0 fully saturated rings. The third kappa shape index (κ3) is 4.89. The van der Waals surface area contributed by atoms with E-state index in [0.29, 0.717) is 9.79 Å². The average molecular weight is 574 g/mol. The number of carbonyl (C=O) groups excluding carboxylic acids is 2. The molecule has 0 bridgehead atoms. The summed E-state index contributed by atoms with van der Waals surface area (Å²) in [7, 11) is 0. The average Bonchev–Trinajstić information content (AvgIpc) is 2.93. The normalized spacial score (nSPS) is 11.1. The summed E-state index contributed by atoms with van der Waals surface area (Å²) >= 11 is 0.988. The smallest absolute Gasteiger partial charge is 0.200 e. The minimum absolute atomic E-state index is 0.391. The van der Waals surface area contributed by atoms with Crippen LogP contribution in [0, 0.1) is 58.2 Å². The van der Waals surface area contributed by atoms with Crippen LogP contribution in [0.4, 0.5) is 43.9 Å². The second-order valence-electron chi connectivity index (χ2n) is 7.70. The van der Waals surface area contributed by atoms with Crippen molar-refractivity contribution in [2.45, 2.75) is 9.79 Å². The lowest BCUT2D eigenvalue weighted by Gasteiger charge is -2.09. The Bertz CT molecular complexity index is 1470. The van der Waals surface area contributed by atoms with Crippen molar-refractivity contribution in [2.24, 2.45) is 0 Å². The first-order chi connectivity index (χ1) is 18.3. The van der Waals surface area contributed by atoms with Crippen LogP contribution < -0.4 is 0 Å². The van der Waals surface area contributed by atoms with Crippen molar-refractivity contribution in [1.29, 1.82) is 0 Å². The zero-order valence-electron chi connectivity index (χ0n) is 18.6. The maximum atomic E-state index is 13.9. The molecule has 0 aliphatic rings. The largest absolute Gasteiger partial charge is 0.288 e. The molecule has 4 aromatic carbocycles. The third-order valence-electron chi connectivity index (χ3n) is 5.34. The maximum absolute atomic E-state index is 13.9. The van der Waals surface area contributed by atoms with Crippen LogP contribution in [0.1, 0.15) is 31.8 Å². The van der Waals surface area contributed by atoms with Crippen molar-refractivity contribution in [2.75, 3.05) is 0 Å². The van der Waals surface area contributed by atoms with E-state index in [1.807, 2.05) is 0 Å².